The van der Waals surface area contributed by atoms with E-state index in [0.717, 1.165) is 12.8 Å². The molecule has 1 amide bonds. The van der Waals surface area contributed by atoms with Crippen LogP contribution in [0.5, 0.6) is 0 Å². The number of ether oxygens (including phenoxy) is 1. The van der Waals surface area contributed by atoms with Gasteiger partial charge in [0.25, 0.3) is 0 Å². The summed E-state index contributed by atoms with van der Waals surface area (Å²) < 4.78 is 32.2. The zero-order valence-electron chi connectivity index (χ0n) is 14.0. The smallest absolute Gasteiger partial charge is 0.244 e. The monoisotopic (exact) mass is 386 g/mol. The van der Waals surface area contributed by atoms with Crippen molar-refractivity contribution >= 4 is 33.2 Å². The van der Waals surface area contributed by atoms with Gasteiger partial charge >= 0.3 is 0 Å². The van der Waals surface area contributed by atoms with Crippen LogP contribution in [0.2, 0.25) is 5.02 Å². The molecule has 2 fully saturated rings. The summed E-state index contributed by atoms with van der Waals surface area (Å²) in [6, 6.07) is 4.59. The quantitative estimate of drug-likeness (QED) is 0.844. The number of hydrogen-bond acceptors (Lipinski definition) is 4. The molecule has 0 unspecified atom stereocenters. The van der Waals surface area contributed by atoms with Crippen LogP contribution in [0.3, 0.4) is 0 Å². The highest BCUT2D eigenvalue weighted by Gasteiger charge is 2.29. The summed E-state index contributed by atoms with van der Waals surface area (Å²) in [4.78, 5) is 12.2. The molecule has 8 heteroatoms. The van der Waals surface area contributed by atoms with Gasteiger partial charge in [0.05, 0.1) is 18.2 Å². The first-order valence-electron chi connectivity index (χ1n) is 8.64. The first-order valence-corrected chi connectivity index (χ1v) is 10.5. The fraction of sp³-hybridized carbons (Fsp3) is 0.588. The zero-order chi connectivity index (χ0) is 17.9. The molecule has 1 aromatic rings. The van der Waals surface area contributed by atoms with Gasteiger partial charge < -0.3 is 10.1 Å². The van der Waals surface area contributed by atoms with Gasteiger partial charge in [-0.2, -0.15) is 4.31 Å². The predicted octanol–water partition coefficient (Wildman–Crippen LogP) is 2.88. The van der Waals surface area contributed by atoms with Crippen molar-refractivity contribution in [1.29, 1.82) is 0 Å². The molecule has 0 atom stereocenters. The third-order valence-corrected chi connectivity index (χ3v) is 7.13. The fourth-order valence-corrected chi connectivity index (χ4v) is 5.30. The molecule has 1 aromatic carbocycles. The second-order valence-corrected chi connectivity index (χ2v) is 8.88. The number of carbonyl (C=O) groups is 1. The highest BCUT2D eigenvalue weighted by Crippen LogP contribution is 2.30. The molecule has 1 aliphatic carbocycles. The average molecular weight is 387 g/mol. The van der Waals surface area contributed by atoms with Crippen LogP contribution in [0, 0.1) is 5.92 Å². The summed E-state index contributed by atoms with van der Waals surface area (Å²) in [7, 11) is -3.70. The normalized spacial score (nSPS) is 19.9. The first-order chi connectivity index (χ1) is 12.0. The zero-order valence-corrected chi connectivity index (χ0v) is 15.6. The SMILES string of the molecule is O=C(CC1CCCC1)Nc1ccc(Cl)c(S(=O)(=O)N2CCOCC2)c1. The topological polar surface area (TPSA) is 75.7 Å². The second-order valence-electron chi connectivity index (χ2n) is 6.56. The van der Waals surface area contributed by atoms with Crippen molar-refractivity contribution in [3.8, 4) is 0 Å². The molecule has 6 nitrogen and oxygen atoms in total. The van der Waals surface area contributed by atoms with E-state index in [9.17, 15) is 13.2 Å². The average Bonchev–Trinajstić information content (AvgIpc) is 3.10. The highest BCUT2D eigenvalue weighted by atomic mass is 35.5. The van der Waals surface area contributed by atoms with Crippen molar-refractivity contribution in [1.82, 2.24) is 4.31 Å². The lowest BCUT2D eigenvalue weighted by atomic mass is 10.0. The molecule has 0 bridgehead atoms. The minimum atomic E-state index is -3.70. The van der Waals surface area contributed by atoms with Crippen molar-refractivity contribution in [2.75, 3.05) is 31.6 Å². The van der Waals surface area contributed by atoms with Crippen LogP contribution >= 0.6 is 11.6 Å². The Labute approximate surface area is 153 Å². The highest BCUT2D eigenvalue weighted by molar-refractivity contribution is 7.89. The first kappa shape index (κ1) is 18.6. The van der Waals surface area contributed by atoms with E-state index in [2.05, 4.69) is 5.32 Å². The van der Waals surface area contributed by atoms with Crippen LogP contribution in [0.15, 0.2) is 23.1 Å². The number of sulfonamides is 1. The van der Waals surface area contributed by atoms with Gasteiger partial charge in [0, 0.05) is 25.2 Å². The molecule has 1 saturated heterocycles. The van der Waals surface area contributed by atoms with Crippen molar-refractivity contribution < 1.29 is 17.9 Å². The number of nitrogens with one attached hydrogen (secondary N) is 1. The Balaban J connectivity index is 1.74. The Morgan fingerprint density at radius 2 is 1.92 bits per heavy atom. The van der Waals surface area contributed by atoms with E-state index in [1.54, 1.807) is 6.07 Å². The molecular formula is C17H23ClN2O4S. The molecule has 138 valence electrons. The maximum atomic E-state index is 12.8. The molecule has 1 aliphatic heterocycles. The van der Waals surface area contributed by atoms with Gasteiger partial charge in [-0.1, -0.05) is 24.4 Å². The fourth-order valence-electron chi connectivity index (χ4n) is 3.39. The number of anilines is 1. The number of halogens is 1. The Kier molecular flexibility index (Phi) is 5.99. The number of morpholine rings is 1. The summed E-state index contributed by atoms with van der Waals surface area (Å²) in [5, 5.41) is 2.96. The van der Waals surface area contributed by atoms with Crippen LogP contribution < -0.4 is 5.32 Å². The van der Waals surface area contributed by atoms with E-state index < -0.39 is 10.0 Å². The second kappa shape index (κ2) is 8.03. The Hall–Kier alpha value is -1.15. The predicted molar refractivity (Wildman–Crippen MR) is 96.2 cm³/mol. The molecule has 3 rings (SSSR count). The van der Waals surface area contributed by atoms with Gasteiger partial charge in [0.2, 0.25) is 15.9 Å². The number of nitrogens with zero attached hydrogens (tertiary/aromatic N) is 1. The van der Waals surface area contributed by atoms with Crippen molar-refractivity contribution in [2.24, 2.45) is 5.92 Å². The lowest BCUT2D eigenvalue weighted by Crippen LogP contribution is -2.40. The summed E-state index contributed by atoms with van der Waals surface area (Å²) in [5.74, 6) is 0.354. The molecule has 25 heavy (non-hydrogen) atoms. The van der Waals surface area contributed by atoms with E-state index in [4.69, 9.17) is 16.3 Å². The van der Waals surface area contributed by atoms with Crippen molar-refractivity contribution in [3.05, 3.63) is 23.2 Å². The largest absolute Gasteiger partial charge is 0.379 e. The minimum absolute atomic E-state index is 0.0229. The molecule has 1 heterocycles. The summed E-state index contributed by atoms with van der Waals surface area (Å²) in [6.07, 6.45) is 5.02. The summed E-state index contributed by atoms with van der Waals surface area (Å²) >= 11 is 6.12. The van der Waals surface area contributed by atoms with Gasteiger partial charge in [-0.3, -0.25) is 4.79 Å². The number of carbonyl (C=O) groups excluding carboxylic acids is 1. The van der Waals surface area contributed by atoms with Gasteiger partial charge in [0.1, 0.15) is 4.90 Å². The van der Waals surface area contributed by atoms with E-state index in [-0.39, 0.29) is 15.8 Å². The molecule has 0 aromatic heterocycles. The van der Waals surface area contributed by atoms with Crippen LogP contribution in [-0.2, 0) is 19.6 Å². The summed E-state index contributed by atoms with van der Waals surface area (Å²) in [6.45, 7) is 1.34. The number of rotatable bonds is 5. The minimum Gasteiger partial charge on any atom is -0.379 e. The van der Waals surface area contributed by atoms with Crippen LogP contribution in [0.25, 0.3) is 0 Å². The van der Waals surface area contributed by atoms with E-state index in [0.29, 0.717) is 44.3 Å². The Bertz CT molecular complexity index is 726. The Morgan fingerprint density at radius 1 is 1.24 bits per heavy atom. The Morgan fingerprint density at radius 3 is 2.60 bits per heavy atom. The third-order valence-electron chi connectivity index (χ3n) is 4.75. The number of amides is 1. The van der Waals surface area contributed by atoms with E-state index in [1.807, 2.05) is 0 Å². The molecule has 0 radical (unpaired) electrons. The maximum absolute atomic E-state index is 12.8. The van der Waals surface area contributed by atoms with Crippen LogP contribution in [0.4, 0.5) is 5.69 Å². The molecular weight excluding hydrogens is 364 g/mol. The van der Waals surface area contributed by atoms with Gasteiger partial charge in [0.15, 0.2) is 0 Å². The maximum Gasteiger partial charge on any atom is 0.244 e. The van der Waals surface area contributed by atoms with Crippen molar-refractivity contribution in [3.63, 3.8) is 0 Å². The lowest BCUT2D eigenvalue weighted by Gasteiger charge is -2.26. The van der Waals surface area contributed by atoms with E-state index in [1.165, 1.54) is 29.3 Å². The standard InChI is InChI=1S/C17H23ClN2O4S/c18-15-6-5-14(19-17(21)11-13-3-1-2-4-13)12-16(15)25(22,23)20-7-9-24-10-8-20/h5-6,12-13H,1-4,7-11H2,(H,19,21). The molecule has 2 aliphatic rings. The van der Waals surface area contributed by atoms with Crippen molar-refractivity contribution in [2.45, 2.75) is 37.0 Å². The van der Waals surface area contributed by atoms with Crippen LogP contribution in [0.1, 0.15) is 32.1 Å². The number of benzene rings is 1. The van der Waals surface area contributed by atoms with Gasteiger partial charge in [-0.15, -0.1) is 0 Å². The molecule has 0 spiro atoms. The van der Waals surface area contributed by atoms with E-state index >= 15 is 0 Å². The lowest BCUT2D eigenvalue weighted by molar-refractivity contribution is -0.117. The van der Waals surface area contributed by atoms with Crippen LogP contribution in [-0.4, -0.2) is 44.9 Å². The van der Waals surface area contributed by atoms with Gasteiger partial charge in [-0.25, -0.2) is 8.42 Å². The number of hydrogen-bond donors (Lipinski definition) is 1. The summed E-state index contributed by atoms with van der Waals surface area (Å²) in [5.41, 5.74) is 0.458. The molecule has 1 N–H and O–H groups in total. The molecule has 1 saturated carbocycles. The third kappa shape index (κ3) is 4.53. The van der Waals surface area contributed by atoms with Gasteiger partial charge in [-0.05, 0) is 37.0 Å².